The number of thioether (sulfide) groups is 1. The van der Waals surface area contributed by atoms with Crippen LogP contribution in [0.15, 0.2) is 17.0 Å². The van der Waals surface area contributed by atoms with Crippen LogP contribution in [0, 0.1) is 0 Å². The number of hydrogen-bond acceptors (Lipinski definition) is 8. The lowest BCUT2D eigenvalue weighted by Crippen LogP contribution is -2.47. The zero-order valence-corrected chi connectivity index (χ0v) is 17.0. The zero-order valence-electron chi connectivity index (χ0n) is 14.6. The molecule has 1 aliphatic heterocycles. The second-order valence-corrected chi connectivity index (χ2v) is 11.1. The van der Waals surface area contributed by atoms with Crippen molar-refractivity contribution in [3.63, 3.8) is 0 Å². The van der Waals surface area contributed by atoms with Gasteiger partial charge in [0.25, 0.3) is 0 Å². The predicted octanol–water partition coefficient (Wildman–Crippen LogP) is 2.19. The number of carbonyl (C=O) groups excluding carboxylic acids is 1. The van der Waals surface area contributed by atoms with Gasteiger partial charge in [-0.25, -0.2) is 8.42 Å². The summed E-state index contributed by atoms with van der Waals surface area (Å²) in [5, 5.41) is 11.9. The van der Waals surface area contributed by atoms with E-state index >= 15 is 0 Å². The van der Waals surface area contributed by atoms with Gasteiger partial charge in [0, 0.05) is 18.6 Å². The fraction of sp³-hybridized carbons (Fsp3) is 0.688. The molecule has 1 atom stereocenters. The molecule has 0 aromatic carbocycles. The molecule has 2 heterocycles. The third-order valence-corrected chi connectivity index (χ3v) is 8.48. The minimum absolute atomic E-state index is 0.0137. The van der Waals surface area contributed by atoms with Crippen LogP contribution in [-0.2, 0) is 14.6 Å². The molecule has 0 bridgehead atoms. The second kappa shape index (κ2) is 8.71. The highest BCUT2D eigenvalue weighted by atomic mass is 32.2. The summed E-state index contributed by atoms with van der Waals surface area (Å²) in [6.45, 7) is 4.26. The van der Waals surface area contributed by atoms with Gasteiger partial charge in [-0.1, -0.05) is 42.0 Å². The normalized spacial score (nSPS) is 22.4. The van der Waals surface area contributed by atoms with E-state index in [1.807, 2.05) is 4.90 Å². The topological polar surface area (TPSA) is 92.3 Å². The molecule has 1 amide bonds. The monoisotopic (exact) mass is 416 g/mol. The molecule has 7 nitrogen and oxygen atoms in total. The highest BCUT2D eigenvalue weighted by molar-refractivity contribution is 8.01. The zero-order chi connectivity index (χ0) is 18.6. The molecule has 0 unspecified atom stereocenters. The summed E-state index contributed by atoms with van der Waals surface area (Å²) < 4.78 is 24.5. The van der Waals surface area contributed by atoms with E-state index in [-0.39, 0.29) is 35.2 Å². The van der Waals surface area contributed by atoms with Crippen LogP contribution in [0.4, 0.5) is 5.13 Å². The Bertz CT molecular complexity index is 744. The Hall–Kier alpha value is -1.13. The van der Waals surface area contributed by atoms with Gasteiger partial charge in [0.1, 0.15) is 0 Å². The van der Waals surface area contributed by atoms with Gasteiger partial charge in [0.05, 0.1) is 17.3 Å². The molecule has 1 aromatic heterocycles. The molecule has 144 valence electrons. The Morgan fingerprint density at radius 3 is 2.73 bits per heavy atom. The van der Waals surface area contributed by atoms with E-state index in [4.69, 9.17) is 0 Å². The maximum atomic E-state index is 12.9. The Labute approximate surface area is 162 Å². The van der Waals surface area contributed by atoms with Gasteiger partial charge in [0.2, 0.25) is 11.0 Å². The molecule has 10 heteroatoms. The molecule has 1 aromatic rings. The van der Waals surface area contributed by atoms with Crippen LogP contribution in [0.3, 0.4) is 0 Å². The lowest BCUT2D eigenvalue weighted by atomic mass is 10.1. The smallest absolute Gasteiger partial charge is 0.233 e. The van der Waals surface area contributed by atoms with E-state index in [1.165, 1.54) is 23.1 Å². The van der Waals surface area contributed by atoms with E-state index in [1.54, 1.807) is 6.08 Å². The average Bonchev–Trinajstić information content (AvgIpc) is 3.33. The van der Waals surface area contributed by atoms with Crippen LogP contribution < -0.4 is 5.32 Å². The Morgan fingerprint density at radius 1 is 1.31 bits per heavy atom. The molecule has 1 saturated heterocycles. The molecule has 26 heavy (non-hydrogen) atoms. The second-order valence-electron chi connectivity index (χ2n) is 6.63. The Kier molecular flexibility index (Phi) is 6.57. The highest BCUT2D eigenvalue weighted by Crippen LogP contribution is 2.31. The van der Waals surface area contributed by atoms with Crippen molar-refractivity contribution in [1.29, 1.82) is 0 Å². The Balaban J connectivity index is 1.62. The van der Waals surface area contributed by atoms with Gasteiger partial charge in [-0.3, -0.25) is 4.79 Å². The van der Waals surface area contributed by atoms with E-state index < -0.39 is 9.84 Å². The first-order chi connectivity index (χ1) is 12.5. The molecule has 1 aliphatic carbocycles. The molecule has 2 fully saturated rings. The molecule has 1 N–H and O–H groups in total. The number of anilines is 1. The molecule has 0 spiro atoms. The first-order valence-electron chi connectivity index (χ1n) is 8.81. The standard InChI is InChI=1S/C16H24N4O3S3/c1-2-8-17-15-18-19-16(25-15)24-10-14(21)20(12-5-3-4-6-12)13-7-9-26(22,23)11-13/h2,12-13H,1,3-11H2,(H,17,18)/t13-/m1/s1. The van der Waals surface area contributed by atoms with Gasteiger partial charge in [-0.2, -0.15) is 0 Å². The first-order valence-corrected chi connectivity index (χ1v) is 12.4. The van der Waals surface area contributed by atoms with E-state index in [0.29, 0.717) is 18.1 Å². The minimum Gasteiger partial charge on any atom is -0.357 e. The summed E-state index contributed by atoms with van der Waals surface area (Å²) in [4.78, 5) is 14.8. The molecular formula is C16H24N4O3S3. The third kappa shape index (κ3) is 4.98. The number of nitrogens with one attached hydrogen (secondary N) is 1. The van der Waals surface area contributed by atoms with Gasteiger partial charge in [-0.15, -0.1) is 16.8 Å². The van der Waals surface area contributed by atoms with Crippen molar-refractivity contribution < 1.29 is 13.2 Å². The summed E-state index contributed by atoms with van der Waals surface area (Å²) in [5.74, 6) is 0.577. The number of aromatic nitrogens is 2. The van der Waals surface area contributed by atoms with E-state index in [9.17, 15) is 13.2 Å². The predicted molar refractivity (Wildman–Crippen MR) is 105 cm³/mol. The Morgan fingerprint density at radius 2 is 2.08 bits per heavy atom. The van der Waals surface area contributed by atoms with Crippen LogP contribution in [0.25, 0.3) is 0 Å². The van der Waals surface area contributed by atoms with Gasteiger partial charge in [-0.05, 0) is 19.3 Å². The van der Waals surface area contributed by atoms with Crippen LogP contribution >= 0.6 is 23.1 Å². The summed E-state index contributed by atoms with van der Waals surface area (Å²) in [6.07, 6.45) is 6.46. The van der Waals surface area contributed by atoms with Crippen LogP contribution in [0.2, 0.25) is 0 Å². The van der Waals surface area contributed by atoms with Crippen molar-refractivity contribution in [2.24, 2.45) is 0 Å². The number of carbonyl (C=O) groups is 1. The number of sulfone groups is 1. The maximum absolute atomic E-state index is 12.9. The van der Waals surface area contributed by atoms with Crippen molar-refractivity contribution in [2.45, 2.75) is 48.5 Å². The lowest BCUT2D eigenvalue weighted by Gasteiger charge is -2.34. The summed E-state index contributed by atoms with van der Waals surface area (Å²) in [6, 6.07) is 0.0103. The van der Waals surface area contributed by atoms with Gasteiger partial charge < -0.3 is 10.2 Å². The summed E-state index contributed by atoms with van der Waals surface area (Å²) >= 11 is 2.77. The highest BCUT2D eigenvalue weighted by Gasteiger charge is 2.38. The van der Waals surface area contributed by atoms with Crippen LogP contribution in [-0.4, -0.2) is 65.3 Å². The van der Waals surface area contributed by atoms with Crippen molar-refractivity contribution in [3.05, 3.63) is 12.7 Å². The van der Waals surface area contributed by atoms with Crippen molar-refractivity contribution >= 4 is 44.0 Å². The number of rotatable bonds is 8. The fourth-order valence-corrected chi connectivity index (χ4v) is 6.92. The van der Waals surface area contributed by atoms with Crippen molar-refractivity contribution in [2.75, 3.05) is 29.1 Å². The quantitative estimate of drug-likeness (QED) is 0.513. The fourth-order valence-electron chi connectivity index (χ4n) is 3.58. The van der Waals surface area contributed by atoms with Crippen molar-refractivity contribution in [1.82, 2.24) is 15.1 Å². The first kappa shape index (κ1) is 19.6. The molecule has 0 radical (unpaired) electrons. The molecular weight excluding hydrogens is 392 g/mol. The van der Waals surface area contributed by atoms with E-state index in [0.717, 1.165) is 30.0 Å². The summed E-state index contributed by atoms with van der Waals surface area (Å²) in [7, 11) is -3.01. The van der Waals surface area contributed by atoms with Crippen LogP contribution in [0.1, 0.15) is 32.1 Å². The van der Waals surface area contributed by atoms with Gasteiger partial charge in [0.15, 0.2) is 14.2 Å². The van der Waals surface area contributed by atoms with Crippen LogP contribution in [0.5, 0.6) is 0 Å². The summed E-state index contributed by atoms with van der Waals surface area (Å²) in [5.41, 5.74) is 0. The number of hydrogen-bond donors (Lipinski definition) is 1. The minimum atomic E-state index is -3.01. The third-order valence-electron chi connectivity index (χ3n) is 4.73. The lowest BCUT2D eigenvalue weighted by molar-refractivity contribution is -0.132. The van der Waals surface area contributed by atoms with E-state index in [2.05, 4.69) is 22.1 Å². The molecule has 3 rings (SSSR count). The molecule has 2 aliphatic rings. The van der Waals surface area contributed by atoms with Crippen molar-refractivity contribution in [3.8, 4) is 0 Å². The average molecular weight is 417 g/mol. The maximum Gasteiger partial charge on any atom is 0.233 e. The van der Waals surface area contributed by atoms with Gasteiger partial charge >= 0.3 is 0 Å². The largest absolute Gasteiger partial charge is 0.357 e. The SMILES string of the molecule is C=CCNc1nnc(SCC(=O)N(C2CCCC2)[C@@H]2CCS(=O)(=O)C2)s1. The molecule has 1 saturated carbocycles. The number of nitrogens with zero attached hydrogens (tertiary/aromatic N) is 3. The number of amides is 1.